The van der Waals surface area contributed by atoms with Crippen LogP contribution in [0.4, 0.5) is 0 Å². The molecule has 1 atom stereocenters. The summed E-state index contributed by atoms with van der Waals surface area (Å²) in [6, 6.07) is 0.448. The van der Waals surface area contributed by atoms with Crippen LogP contribution in [0.25, 0.3) is 0 Å². The summed E-state index contributed by atoms with van der Waals surface area (Å²) in [5, 5.41) is 7.78. The van der Waals surface area contributed by atoms with Crippen molar-refractivity contribution in [2.45, 2.75) is 84.6 Å². The summed E-state index contributed by atoms with van der Waals surface area (Å²) in [6.07, 6.45) is 8.00. The van der Waals surface area contributed by atoms with E-state index in [-0.39, 0.29) is 0 Å². The van der Waals surface area contributed by atoms with Crippen molar-refractivity contribution in [1.29, 1.82) is 0 Å². The van der Waals surface area contributed by atoms with Crippen molar-refractivity contribution in [2.24, 2.45) is 5.41 Å². The van der Waals surface area contributed by atoms with Crippen molar-refractivity contribution in [2.75, 3.05) is 6.54 Å². The van der Waals surface area contributed by atoms with Crippen LogP contribution in [0.15, 0.2) is 4.52 Å². The lowest BCUT2D eigenvalue weighted by atomic mass is 9.73. The molecule has 1 aromatic heterocycles. The molecule has 1 aromatic rings. The first-order chi connectivity index (χ1) is 10.0. The second kappa shape index (κ2) is 7.39. The molecule has 0 aliphatic heterocycles. The molecule has 2 rings (SSSR count). The van der Waals surface area contributed by atoms with Gasteiger partial charge in [0.1, 0.15) is 0 Å². The van der Waals surface area contributed by atoms with Crippen molar-refractivity contribution in [3.8, 4) is 0 Å². The molecule has 4 heteroatoms. The SMILES string of the molecule is CCCNC(CC)Cc1nc(C2CCC(C)(C)CC2)no1. The van der Waals surface area contributed by atoms with Gasteiger partial charge in [0.15, 0.2) is 5.82 Å². The third-order valence-electron chi connectivity index (χ3n) is 4.78. The van der Waals surface area contributed by atoms with Crippen LogP contribution in [-0.2, 0) is 6.42 Å². The summed E-state index contributed by atoms with van der Waals surface area (Å²) < 4.78 is 5.48. The summed E-state index contributed by atoms with van der Waals surface area (Å²) in [5.74, 6) is 2.23. The van der Waals surface area contributed by atoms with Crippen LogP contribution in [0.1, 0.15) is 83.9 Å². The maximum Gasteiger partial charge on any atom is 0.228 e. The molecule has 0 amide bonds. The average Bonchev–Trinajstić information content (AvgIpc) is 2.92. The van der Waals surface area contributed by atoms with Gasteiger partial charge >= 0.3 is 0 Å². The molecule has 120 valence electrons. The summed E-state index contributed by atoms with van der Waals surface area (Å²) in [6.45, 7) is 10.2. The zero-order valence-electron chi connectivity index (χ0n) is 14.1. The monoisotopic (exact) mass is 293 g/mol. The van der Waals surface area contributed by atoms with Crippen LogP contribution in [0.5, 0.6) is 0 Å². The smallest absolute Gasteiger partial charge is 0.228 e. The lowest BCUT2D eigenvalue weighted by Crippen LogP contribution is -2.31. The number of aromatic nitrogens is 2. The number of hydrogen-bond donors (Lipinski definition) is 1. The minimum atomic E-state index is 0.448. The third kappa shape index (κ3) is 4.80. The molecule has 4 nitrogen and oxygen atoms in total. The zero-order chi connectivity index (χ0) is 15.3. The number of rotatable bonds is 7. The topological polar surface area (TPSA) is 51.0 Å². The van der Waals surface area contributed by atoms with E-state index in [0.29, 0.717) is 17.4 Å². The highest BCUT2D eigenvalue weighted by atomic mass is 16.5. The van der Waals surface area contributed by atoms with Gasteiger partial charge in [-0.15, -0.1) is 0 Å². The molecule has 1 saturated carbocycles. The van der Waals surface area contributed by atoms with Crippen LogP contribution < -0.4 is 5.32 Å². The Morgan fingerprint density at radius 2 is 2.00 bits per heavy atom. The van der Waals surface area contributed by atoms with Crippen molar-refractivity contribution in [3.05, 3.63) is 11.7 Å². The van der Waals surface area contributed by atoms with E-state index in [1.54, 1.807) is 0 Å². The molecule has 1 aliphatic rings. The fourth-order valence-electron chi connectivity index (χ4n) is 3.09. The summed E-state index contributed by atoms with van der Waals surface area (Å²) >= 11 is 0. The highest BCUT2D eigenvalue weighted by molar-refractivity contribution is 4.99. The van der Waals surface area contributed by atoms with Gasteiger partial charge in [-0.25, -0.2) is 0 Å². The lowest BCUT2D eigenvalue weighted by Gasteiger charge is -2.32. The van der Waals surface area contributed by atoms with Crippen LogP contribution in [0, 0.1) is 5.41 Å². The van der Waals surface area contributed by atoms with Gasteiger partial charge in [0.25, 0.3) is 0 Å². The van der Waals surface area contributed by atoms with E-state index in [1.165, 1.54) is 25.7 Å². The predicted octanol–water partition coefficient (Wildman–Crippen LogP) is 4.07. The van der Waals surface area contributed by atoms with Crippen molar-refractivity contribution < 1.29 is 4.52 Å². The molecule has 1 unspecified atom stereocenters. The first-order valence-corrected chi connectivity index (χ1v) is 8.60. The van der Waals surface area contributed by atoms with E-state index in [4.69, 9.17) is 4.52 Å². The minimum Gasteiger partial charge on any atom is -0.339 e. The van der Waals surface area contributed by atoms with Gasteiger partial charge < -0.3 is 9.84 Å². The molecule has 1 fully saturated rings. The second-order valence-electron chi connectivity index (χ2n) is 7.25. The quantitative estimate of drug-likeness (QED) is 0.823. The van der Waals surface area contributed by atoms with Crippen LogP contribution in [-0.4, -0.2) is 22.7 Å². The van der Waals surface area contributed by atoms with E-state index >= 15 is 0 Å². The van der Waals surface area contributed by atoms with Gasteiger partial charge in [-0.05, 0) is 50.5 Å². The van der Waals surface area contributed by atoms with E-state index in [9.17, 15) is 0 Å². The van der Waals surface area contributed by atoms with Crippen molar-refractivity contribution in [1.82, 2.24) is 15.5 Å². The maximum atomic E-state index is 5.48. The van der Waals surface area contributed by atoms with Crippen LogP contribution in [0.2, 0.25) is 0 Å². The largest absolute Gasteiger partial charge is 0.339 e. The normalized spacial score (nSPS) is 20.6. The highest BCUT2D eigenvalue weighted by Crippen LogP contribution is 2.41. The Kier molecular flexibility index (Phi) is 5.80. The molecular formula is C17H31N3O. The molecule has 0 bridgehead atoms. The Balaban J connectivity index is 1.89. The van der Waals surface area contributed by atoms with E-state index < -0.39 is 0 Å². The zero-order valence-corrected chi connectivity index (χ0v) is 14.1. The van der Waals surface area contributed by atoms with Gasteiger partial charge in [0.2, 0.25) is 5.89 Å². The fourth-order valence-corrected chi connectivity index (χ4v) is 3.09. The predicted molar refractivity (Wildman–Crippen MR) is 85.4 cm³/mol. The molecular weight excluding hydrogens is 262 g/mol. The summed E-state index contributed by atoms with van der Waals surface area (Å²) in [5.41, 5.74) is 0.487. The number of hydrogen-bond acceptors (Lipinski definition) is 4. The molecule has 0 saturated heterocycles. The number of nitrogens with zero attached hydrogens (tertiary/aromatic N) is 2. The lowest BCUT2D eigenvalue weighted by molar-refractivity contribution is 0.218. The third-order valence-corrected chi connectivity index (χ3v) is 4.78. The van der Waals surface area contributed by atoms with Gasteiger partial charge in [0, 0.05) is 18.4 Å². The Labute approximate surface area is 129 Å². The Morgan fingerprint density at radius 1 is 1.29 bits per heavy atom. The van der Waals surface area contributed by atoms with E-state index in [0.717, 1.165) is 37.5 Å². The van der Waals surface area contributed by atoms with Crippen molar-refractivity contribution in [3.63, 3.8) is 0 Å². The average molecular weight is 293 g/mol. The molecule has 0 aromatic carbocycles. The maximum absolute atomic E-state index is 5.48. The minimum absolute atomic E-state index is 0.448. The highest BCUT2D eigenvalue weighted by Gasteiger charge is 2.30. The Hall–Kier alpha value is -0.900. The van der Waals surface area contributed by atoms with Crippen LogP contribution in [0.3, 0.4) is 0 Å². The van der Waals surface area contributed by atoms with Gasteiger partial charge in [-0.2, -0.15) is 4.98 Å². The molecule has 0 spiro atoms. The van der Waals surface area contributed by atoms with Gasteiger partial charge in [0.05, 0.1) is 0 Å². The van der Waals surface area contributed by atoms with Gasteiger partial charge in [-0.3, -0.25) is 0 Å². The van der Waals surface area contributed by atoms with Crippen molar-refractivity contribution >= 4 is 0 Å². The molecule has 0 radical (unpaired) electrons. The first kappa shape index (κ1) is 16.5. The summed E-state index contributed by atoms with van der Waals surface area (Å²) in [7, 11) is 0. The number of nitrogens with one attached hydrogen (secondary N) is 1. The Morgan fingerprint density at radius 3 is 2.62 bits per heavy atom. The van der Waals surface area contributed by atoms with E-state index in [2.05, 4.69) is 43.2 Å². The van der Waals surface area contributed by atoms with Crippen LogP contribution >= 0.6 is 0 Å². The molecule has 1 heterocycles. The molecule has 1 aliphatic carbocycles. The van der Waals surface area contributed by atoms with Gasteiger partial charge in [-0.1, -0.05) is 32.9 Å². The second-order valence-corrected chi connectivity index (χ2v) is 7.25. The Bertz CT molecular complexity index is 417. The van der Waals surface area contributed by atoms with E-state index in [1.807, 2.05) is 0 Å². The molecule has 1 N–H and O–H groups in total. The summed E-state index contributed by atoms with van der Waals surface area (Å²) in [4.78, 5) is 4.66. The standard InChI is InChI=1S/C17H31N3O/c1-5-11-18-14(6-2)12-15-19-16(20-21-15)13-7-9-17(3,4)10-8-13/h13-14,18H,5-12H2,1-4H3. The fraction of sp³-hybridized carbons (Fsp3) is 0.882. The molecule has 21 heavy (non-hydrogen) atoms. The first-order valence-electron chi connectivity index (χ1n) is 8.60.